The molecule has 0 bridgehead atoms. The van der Waals surface area contributed by atoms with Crippen molar-refractivity contribution in [2.75, 3.05) is 12.3 Å². The first-order valence-electron chi connectivity index (χ1n) is 5.70. The number of hydrogen-bond donors (Lipinski definition) is 2. The Labute approximate surface area is 119 Å². The monoisotopic (exact) mass is 347 g/mol. The average Bonchev–Trinajstić information content (AvgIpc) is 2.77. The normalized spacial score (nSPS) is 20.6. The third kappa shape index (κ3) is 2.60. The summed E-state index contributed by atoms with van der Waals surface area (Å²) in [5.74, 6) is -0.628. The van der Waals surface area contributed by atoms with Gasteiger partial charge in [-0.05, 0) is 31.0 Å². The van der Waals surface area contributed by atoms with Crippen LogP contribution in [-0.2, 0) is 14.8 Å². The number of halogens is 1. The number of nitrogen functional groups attached to an aromatic ring is 1. The van der Waals surface area contributed by atoms with Gasteiger partial charge in [0.05, 0.1) is 5.69 Å². The van der Waals surface area contributed by atoms with Crippen LogP contribution < -0.4 is 11.5 Å². The molecule has 1 unspecified atom stereocenters. The lowest BCUT2D eigenvalue weighted by molar-refractivity contribution is -0.121. The molecule has 0 radical (unpaired) electrons. The SMILES string of the molecule is NC(=O)C1CCCN1S(=O)(=O)c1ccc(Br)cc1N. The lowest BCUT2D eigenvalue weighted by Gasteiger charge is -2.22. The molecule has 1 aliphatic heterocycles. The number of sulfonamides is 1. The van der Waals surface area contributed by atoms with Crippen molar-refractivity contribution in [2.45, 2.75) is 23.8 Å². The summed E-state index contributed by atoms with van der Waals surface area (Å²) in [6, 6.07) is 3.75. The van der Waals surface area contributed by atoms with Crippen LogP contribution in [0.5, 0.6) is 0 Å². The Balaban J connectivity index is 2.45. The Morgan fingerprint density at radius 2 is 2.11 bits per heavy atom. The highest BCUT2D eigenvalue weighted by atomic mass is 79.9. The molecule has 0 aromatic heterocycles. The molecule has 1 heterocycles. The van der Waals surface area contributed by atoms with Gasteiger partial charge in [-0.1, -0.05) is 15.9 Å². The zero-order valence-corrected chi connectivity index (χ0v) is 12.4. The topological polar surface area (TPSA) is 106 Å². The smallest absolute Gasteiger partial charge is 0.245 e. The second kappa shape index (κ2) is 5.10. The largest absolute Gasteiger partial charge is 0.398 e. The van der Waals surface area contributed by atoms with Gasteiger partial charge in [0, 0.05) is 11.0 Å². The zero-order valence-electron chi connectivity index (χ0n) is 10.0. The standard InChI is InChI=1S/C11H14BrN3O3S/c12-7-3-4-10(8(13)6-7)19(17,18)15-5-1-2-9(15)11(14)16/h3-4,6,9H,1-2,5,13H2,(H2,14,16). The predicted molar refractivity (Wildman–Crippen MR) is 74.7 cm³/mol. The maximum absolute atomic E-state index is 12.5. The van der Waals surface area contributed by atoms with Gasteiger partial charge in [0.1, 0.15) is 10.9 Å². The van der Waals surface area contributed by atoms with Gasteiger partial charge in [0.15, 0.2) is 0 Å². The number of anilines is 1. The molecule has 1 fully saturated rings. The second-order valence-corrected chi connectivity index (χ2v) is 7.13. The van der Waals surface area contributed by atoms with E-state index in [0.717, 1.165) is 4.31 Å². The Morgan fingerprint density at radius 3 is 2.68 bits per heavy atom. The fourth-order valence-electron chi connectivity index (χ4n) is 2.19. The van der Waals surface area contributed by atoms with Crippen molar-refractivity contribution in [3.8, 4) is 0 Å². The minimum absolute atomic E-state index is 0.00356. The minimum atomic E-state index is -3.79. The highest BCUT2D eigenvalue weighted by Gasteiger charge is 2.39. The Morgan fingerprint density at radius 1 is 1.42 bits per heavy atom. The average molecular weight is 348 g/mol. The van der Waals surface area contributed by atoms with E-state index in [1.807, 2.05) is 0 Å². The molecule has 0 aliphatic carbocycles. The van der Waals surface area contributed by atoms with Crippen LogP contribution in [0.15, 0.2) is 27.6 Å². The Hall–Kier alpha value is -1.12. The van der Waals surface area contributed by atoms with Crippen LogP contribution in [0.25, 0.3) is 0 Å². The molecule has 19 heavy (non-hydrogen) atoms. The summed E-state index contributed by atoms with van der Waals surface area (Å²) in [6.45, 7) is 0.283. The number of hydrogen-bond acceptors (Lipinski definition) is 4. The summed E-state index contributed by atoms with van der Waals surface area (Å²) in [5, 5.41) is 0. The van der Waals surface area contributed by atoms with E-state index in [1.165, 1.54) is 12.1 Å². The molecule has 1 amide bonds. The van der Waals surface area contributed by atoms with Crippen LogP contribution in [0.1, 0.15) is 12.8 Å². The number of primary amides is 1. The molecule has 4 N–H and O–H groups in total. The van der Waals surface area contributed by atoms with Crippen molar-refractivity contribution in [3.63, 3.8) is 0 Å². The van der Waals surface area contributed by atoms with Crippen LogP contribution in [0.4, 0.5) is 5.69 Å². The van der Waals surface area contributed by atoms with E-state index in [-0.39, 0.29) is 17.1 Å². The van der Waals surface area contributed by atoms with E-state index in [2.05, 4.69) is 15.9 Å². The fourth-order valence-corrected chi connectivity index (χ4v) is 4.33. The van der Waals surface area contributed by atoms with Crippen LogP contribution >= 0.6 is 15.9 Å². The lowest BCUT2D eigenvalue weighted by Crippen LogP contribution is -2.43. The zero-order chi connectivity index (χ0) is 14.2. The van der Waals surface area contributed by atoms with Crippen molar-refractivity contribution in [3.05, 3.63) is 22.7 Å². The van der Waals surface area contributed by atoms with E-state index in [9.17, 15) is 13.2 Å². The highest BCUT2D eigenvalue weighted by Crippen LogP contribution is 2.30. The summed E-state index contributed by atoms with van der Waals surface area (Å²) in [5.41, 5.74) is 11.1. The summed E-state index contributed by atoms with van der Waals surface area (Å²) in [4.78, 5) is 11.3. The predicted octanol–water partition coefficient (Wildman–Crippen LogP) is 0.670. The van der Waals surface area contributed by atoms with Gasteiger partial charge in [-0.25, -0.2) is 8.42 Å². The summed E-state index contributed by atoms with van der Waals surface area (Å²) < 4.78 is 26.8. The third-order valence-electron chi connectivity index (χ3n) is 3.09. The van der Waals surface area contributed by atoms with E-state index in [0.29, 0.717) is 17.3 Å². The van der Waals surface area contributed by atoms with E-state index in [4.69, 9.17) is 11.5 Å². The molecule has 1 saturated heterocycles. The third-order valence-corrected chi connectivity index (χ3v) is 5.57. The van der Waals surface area contributed by atoms with Gasteiger partial charge in [-0.15, -0.1) is 0 Å². The van der Waals surface area contributed by atoms with Gasteiger partial charge in [-0.2, -0.15) is 4.31 Å². The van der Waals surface area contributed by atoms with Gasteiger partial charge < -0.3 is 11.5 Å². The van der Waals surface area contributed by atoms with Crippen molar-refractivity contribution in [1.82, 2.24) is 4.31 Å². The first-order valence-corrected chi connectivity index (χ1v) is 7.93. The summed E-state index contributed by atoms with van der Waals surface area (Å²) in [7, 11) is -3.79. The molecular weight excluding hydrogens is 334 g/mol. The molecule has 8 heteroatoms. The van der Waals surface area contributed by atoms with Gasteiger partial charge >= 0.3 is 0 Å². The second-order valence-electron chi connectivity index (χ2n) is 4.36. The highest BCUT2D eigenvalue weighted by molar-refractivity contribution is 9.10. The van der Waals surface area contributed by atoms with Crippen LogP contribution in [0.2, 0.25) is 0 Å². The molecule has 0 spiro atoms. The molecule has 1 aliphatic rings. The molecule has 1 aromatic rings. The first kappa shape index (κ1) is 14.3. The number of carbonyl (C=O) groups excluding carboxylic acids is 1. The number of benzene rings is 1. The van der Waals surface area contributed by atoms with Crippen LogP contribution in [-0.4, -0.2) is 31.2 Å². The number of nitrogens with two attached hydrogens (primary N) is 2. The molecular formula is C11H14BrN3O3S. The molecule has 1 atom stereocenters. The number of nitrogens with zero attached hydrogens (tertiary/aromatic N) is 1. The molecule has 1 aromatic carbocycles. The van der Waals surface area contributed by atoms with Crippen LogP contribution in [0.3, 0.4) is 0 Å². The van der Waals surface area contributed by atoms with Crippen molar-refractivity contribution >= 4 is 37.5 Å². The molecule has 0 saturated carbocycles. The minimum Gasteiger partial charge on any atom is -0.398 e. The lowest BCUT2D eigenvalue weighted by atomic mass is 10.2. The van der Waals surface area contributed by atoms with Gasteiger partial charge in [0.2, 0.25) is 15.9 Å². The Bertz CT molecular complexity index is 618. The van der Waals surface area contributed by atoms with E-state index in [1.54, 1.807) is 6.07 Å². The first-order chi connectivity index (χ1) is 8.84. The number of amides is 1. The van der Waals surface area contributed by atoms with Crippen molar-refractivity contribution < 1.29 is 13.2 Å². The number of carbonyl (C=O) groups is 1. The van der Waals surface area contributed by atoms with Gasteiger partial charge in [0.25, 0.3) is 0 Å². The maximum atomic E-state index is 12.5. The molecule has 104 valence electrons. The fraction of sp³-hybridized carbons (Fsp3) is 0.364. The van der Waals surface area contributed by atoms with E-state index >= 15 is 0 Å². The summed E-state index contributed by atoms with van der Waals surface area (Å²) >= 11 is 3.22. The molecule has 6 nitrogen and oxygen atoms in total. The quantitative estimate of drug-likeness (QED) is 0.783. The summed E-state index contributed by atoms with van der Waals surface area (Å²) in [6.07, 6.45) is 1.06. The van der Waals surface area contributed by atoms with E-state index < -0.39 is 22.0 Å². The maximum Gasteiger partial charge on any atom is 0.245 e. The number of rotatable bonds is 3. The van der Waals surface area contributed by atoms with Crippen molar-refractivity contribution in [1.29, 1.82) is 0 Å². The molecule has 2 rings (SSSR count). The van der Waals surface area contributed by atoms with Crippen molar-refractivity contribution in [2.24, 2.45) is 5.73 Å². The van der Waals surface area contributed by atoms with Crippen LogP contribution in [0, 0.1) is 0 Å². The van der Waals surface area contributed by atoms with Gasteiger partial charge in [-0.3, -0.25) is 4.79 Å². The Kier molecular flexibility index (Phi) is 3.84.